The second-order valence-electron chi connectivity index (χ2n) is 4.75. The average Bonchev–Trinajstić information content (AvgIpc) is 2.41. The summed E-state index contributed by atoms with van der Waals surface area (Å²) < 4.78 is 0. The van der Waals surface area contributed by atoms with Gasteiger partial charge in [-0.25, -0.2) is 0 Å². The van der Waals surface area contributed by atoms with Crippen molar-refractivity contribution in [1.29, 1.82) is 0 Å². The number of hydrogen-bond donors (Lipinski definition) is 0. The Morgan fingerprint density at radius 1 is 1.17 bits per heavy atom. The fourth-order valence-electron chi connectivity index (χ4n) is 2.17. The normalized spacial score (nSPS) is 15.7. The first kappa shape index (κ1) is 12.6. The molecule has 2 amide bonds. The van der Waals surface area contributed by atoms with Crippen molar-refractivity contribution in [2.75, 3.05) is 26.2 Å². The lowest BCUT2D eigenvalue weighted by molar-refractivity contribution is -0.119. The van der Waals surface area contributed by atoms with Crippen LogP contribution in [-0.4, -0.2) is 48.3 Å². The zero-order chi connectivity index (χ0) is 13.1. The number of benzene rings is 1. The van der Waals surface area contributed by atoms with Crippen LogP contribution in [0.5, 0.6) is 0 Å². The van der Waals surface area contributed by atoms with Crippen LogP contribution in [0.25, 0.3) is 0 Å². The van der Waals surface area contributed by atoms with Gasteiger partial charge in [-0.15, -0.1) is 0 Å². The number of piperazine rings is 1. The van der Waals surface area contributed by atoms with Crippen LogP contribution >= 0.6 is 0 Å². The van der Waals surface area contributed by atoms with Crippen LogP contribution in [0.2, 0.25) is 0 Å². The second-order valence-corrected chi connectivity index (χ2v) is 4.75. The summed E-state index contributed by atoms with van der Waals surface area (Å²) in [6.45, 7) is 6.42. The molecule has 1 aliphatic heterocycles. The minimum atomic E-state index is 0.0711. The Morgan fingerprint density at radius 3 is 2.44 bits per heavy atom. The van der Waals surface area contributed by atoms with Crippen LogP contribution in [0, 0.1) is 13.8 Å². The van der Waals surface area contributed by atoms with Gasteiger partial charge in [-0.2, -0.15) is 0 Å². The van der Waals surface area contributed by atoms with Gasteiger partial charge in [-0.1, -0.05) is 17.7 Å². The van der Waals surface area contributed by atoms with Gasteiger partial charge >= 0.3 is 0 Å². The highest BCUT2D eigenvalue weighted by molar-refractivity contribution is 5.96. The fraction of sp³-hybridized carbons (Fsp3) is 0.429. The molecule has 4 nitrogen and oxygen atoms in total. The predicted molar refractivity (Wildman–Crippen MR) is 69.5 cm³/mol. The molecule has 18 heavy (non-hydrogen) atoms. The van der Waals surface area contributed by atoms with Crippen LogP contribution < -0.4 is 0 Å². The van der Waals surface area contributed by atoms with Crippen molar-refractivity contribution in [2.24, 2.45) is 0 Å². The first-order valence-electron chi connectivity index (χ1n) is 6.17. The third kappa shape index (κ3) is 2.53. The molecule has 0 N–H and O–H groups in total. The highest BCUT2D eigenvalue weighted by Crippen LogP contribution is 2.14. The molecule has 0 aromatic heterocycles. The molecular formula is C14H18N2O2. The van der Waals surface area contributed by atoms with Crippen LogP contribution in [0.15, 0.2) is 18.2 Å². The van der Waals surface area contributed by atoms with Gasteiger partial charge in [-0.05, 0) is 25.5 Å². The average molecular weight is 246 g/mol. The summed E-state index contributed by atoms with van der Waals surface area (Å²) >= 11 is 0. The molecule has 2 rings (SSSR count). The molecule has 1 fully saturated rings. The Labute approximate surface area is 107 Å². The Morgan fingerprint density at radius 2 is 1.83 bits per heavy atom. The van der Waals surface area contributed by atoms with Crippen LogP contribution in [-0.2, 0) is 4.79 Å². The van der Waals surface area contributed by atoms with Gasteiger partial charge in [0, 0.05) is 31.7 Å². The van der Waals surface area contributed by atoms with E-state index >= 15 is 0 Å². The van der Waals surface area contributed by atoms with Crippen molar-refractivity contribution in [1.82, 2.24) is 9.80 Å². The Kier molecular flexibility index (Phi) is 3.65. The number of carbonyl (C=O) groups is 2. The summed E-state index contributed by atoms with van der Waals surface area (Å²) in [5.74, 6) is 0.0711. The summed E-state index contributed by atoms with van der Waals surface area (Å²) in [6.07, 6.45) is 0.847. The smallest absolute Gasteiger partial charge is 0.254 e. The molecule has 0 atom stereocenters. The fourth-order valence-corrected chi connectivity index (χ4v) is 2.17. The molecule has 1 aromatic carbocycles. The molecule has 96 valence electrons. The molecule has 0 saturated carbocycles. The molecule has 0 aliphatic carbocycles. The number of nitrogens with zero attached hydrogens (tertiary/aromatic N) is 2. The quantitative estimate of drug-likeness (QED) is 0.736. The first-order chi connectivity index (χ1) is 8.61. The maximum absolute atomic E-state index is 12.4. The van der Waals surface area contributed by atoms with Crippen LogP contribution in [0.4, 0.5) is 0 Å². The van der Waals surface area contributed by atoms with E-state index in [-0.39, 0.29) is 5.91 Å². The van der Waals surface area contributed by atoms with Gasteiger partial charge in [0.2, 0.25) is 6.41 Å². The predicted octanol–water partition coefficient (Wildman–Crippen LogP) is 1.22. The number of hydrogen-bond acceptors (Lipinski definition) is 2. The molecule has 4 heteroatoms. The number of amides is 2. The van der Waals surface area contributed by atoms with Gasteiger partial charge in [0.15, 0.2) is 0 Å². The SMILES string of the molecule is Cc1ccc(C)c(C(=O)N2CCN(C=O)CC2)c1. The number of rotatable bonds is 2. The van der Waals surface area contributed by atoms with E-state index in [1.165, 1.54) is 0 Å². The number of aryl methyl sites for hydroxylation is 2. The second kappa shape index (κ2) is 5.21. The third-order valence-electron chi connectivity index (χ3n) is 3.37. The van der Waals surface area contributed by atoms with Crippen molar-refractivity contribution in [3.63, 3.8) is 0 Å². The summed E-state index contributed by atoms with van der Waals surface area (Å²) in [4.78, 5) is 26.5. The van der Waals surface area contributed by atoms with Crippen molar-refractivity contribution in [3.8, 4) is 0 Å². The van der Waals surface area contributed by atoms with E-state index in [4.69, 9.17) is 0 Å². The highest BCUT2D eigenvalue weighted by atomic mass is 16.2. The molecule has 0 unspecified atom stereocenters. The topological polar surface area (TPSA) is 40.6 Å². The molecule has 1 aliphatic rings. The van der Waals surface area contributed by atoms with Crippen molar-refractivity contribution in [2.45, 2.75) is 13.8 Å². The maximum atomic E-state index is 12.4. The van der Waals surface area contributed by atoms with E-state index in [0.717, 1.165) is 23.1 Å². The van der Waals surface area contributed by atoms with Crippen molar-refractivity contribution >= 4 is 12.3 Å². The monoisotopic (exact) mass is 246 g/mol. The lowest BCUT2D eigenvalue weighted by atomic mass is 10.0. The highest BCUT2D eigenvalue weighted by Gasteiger charge is 2.22. The zero-order valence-corrected chi connectivity index (χ0v) is 10.8. The van der Waals surface area contributed by atoms with Crippen LogP contribution in [0.3, 0.4) is 0 Å². The summed E-state index contributed by atoms with van der Waals surface area (Å²) in [6, 6.07) is 5.92. The molecule has 1 heterocycles. The summed E-state index contributed by atoms with van der Waals surface area (Å²) in [7, 11) is 0. The Balaban J connectivity index is 2.12. The molecule has 0 bridgehead atoms. The summed E-state index contributed by atoms with van der Waals surface area (Å²) in [5.41, 5.74) is 2.87. The lowest BCUT2D eigenvalue weighted by Gasteiger charge is -2.32. The van der Waals surface area contributed by atoms with E-state index in [9.17, 15) is 9.59 Å². The maximum Gasteiger partial charge on any atom is 0.254 e. The molecule has 1 saturated heterocycles. The number of carbonyl (C=O) groups excluding carboxylic acids is 2. The first-order valence-corrected chi connectivity index (χ1v) is 6.17. The summed E-state index contributed by atoms with van der Waals surface area (Å²) in [5, 5.41) is 0. The Hall–Kier alpha value is -1.84. The van der Waals surface area contributed by atoms with E-state index in [0.29, 0.717) is 26.2 Å². The minimum Gasteiger partial charge on any atom is -0.342 e. The van der Waals surface area contributed by atoms with Gasteiger partial charge in [0.05, 0.1) is 0 Å². The Bertz CT molecular complexity index is 463. The lowest BCUT2D eigenvalue weighted by Crippen LogP contribution is -2.48. The van der Waals surface area contributed by atoms with Gasteiger partial charge in [-0.3, -0.25) is 9.59 Å². The third-order valence-corrected chi connectivity index (χ3v) is 3.37. The minimum absolute atomic E-state index is 0.0711. The molecule has 0 spiro atoms. The van der Waals surface area contributed by atoms with Crippen molar-refractivity contribution < 1.29 is 9.59 Å². The van der Waals surface area contributed by atoms with Crippen molar-refractivity contribution in [3.05, 3.63) is 34.9 Å². The van der Waals surface area contributed by atoms with E-state index in [1.807, 2.05) is 36.9 Å². The van der Waals surface area contributed by atoms with Gasteiger partial charge < -0.3 is 9.80 Å². The van der Waals surface area contributed by atoms with E-state index < -0.39 is 0 Å². The zero-order valence-electron chi connectivity index (χ0n) is 10.8. The van der Waals surface area contributed by atoms with E-state index in [1.54, 1.807) is 4.90 Å². The van der Waals surface area contributed by atoms with Gasteiger partial charge in [0.25, 0.3) is 5.91 Å². The van der Waals surface area contributed by atoms with Gasteiger partial charge in [0.1, 0.15) is 0 Å². The standard InChI is InChI=1S/C14H18N2O2/c1-11-3-4-12(2)13(9-11)14(18)16-7-5-15(10-17)6-8-16/h3-4,9-10H,5-8H2,1-2H3. The largest absolute Gasteiger partial charge is 0.342 e. The molecular weight excluding hydrogens is 228 g/mol. The van der Waals surface area contributed by atoms with Crippen LogP contribution in [0.1, 0.15) is 21.5 Å². The van der Waals surface area contributed by atoms with E-state index in [2.05, 4.69) is 0 Å². The molecule has 0 radical (unpaired) electrons. The molecule has 1 aromatic rings.